The summed E-state index contributed by atoms with van der Waals surface area (Å²) in [5.74, 6) is -0.594. The lowest BCUT2D eigenvalue weighted by Gasteiger charge is -2.00. The van der Waals surface area contributed by atoms with Gasteiger partial charge in [-0.2, -0.15) is 0 Å². The van der Waals surface area contributed by atoms with Crippen molar-refractivity contribution in [3.05, 3.63) is 35.3 Å². The number of hydrogen-bond donors (Lipinski definition) is 1. The summed E-state index contributed by atoms with van der Waals surface area (Å²) in [5.41, 5.74) is 1.55. The Morgan fingerprint density at radius 2 is 2.18 bits per heavy atom. The molecule has 0 spiro atoms. The first-order valence-corrected chi connectivity index (χ1v) is 4.94. The van der Waals surface area contributed by atoms with E-state index in [9.17, 15) is 8.78 Å². The molecule has 0 aliphatic heterocycles. The molecule has 0 radical (unpaired) electrons. The molecule has 2 aromatic rings. The van der Waals surface area contributed by atoms with Crippen LogP contribution in [0.1, 0.15) is 23.4 Å². The van der Waals surface area contributed by atoms with Gasteiger partial charge in [-0.05, 0) is 19.1 Å². The van der Waals surface area contributed by atoms with E-state index in [0.717, 1.165) is 5.69 Å². The third-order valence-corrected chi connectivity index (χ3v) is 2.36. The topological polar surface area (TPSA) is 59.2 Å². The second-order valence-electron chi connectivity index (χ2n) is 3.52. The van der Waals surface area contributed by atoms with Gasteiger partial charge in [0.25, 0.3) is 6.43 Å². The zero-order valence-electron chi connectivity index (χ0n) is 9.02. The van der Waals surface area contributed by atoms with E-state index in [-0.39, 0.29) is 11.3 Å². The fourth-order valence-electron chi connectivity index (χ4n) is 1.48. The zero-order valence-corrected chi connectivity index (χ0v) is 9.02. The highest BCUT2D eigenvalue weighted by Gasteiger charge is 2.23. The van der Waals surface area contributed by atoms with Gasteiger partial charge in [0.05, 0.1) is 12.2 Å². The Hall–Kier alpha value is -1.82. The van der Waals surface area contributed by atoms with Crippen LogP contribution in [0.4, 0.5) is 8.78 Å². The van der Waals surface area contributed by atoms with Crippen molar-refractivity contribution in [3.63, 3.8) is 0 Å². The molecule has 4 nitrogen and oxygen atoms in total. The van der Waals surface area contributed by atoms with Crippen LogP contribution < -0.4 is 0 Å². The minimum atomic E-state index is -2.79. The van der Waals surface area contributed by atoms with Gasteiger partial charge in [-0.1, -0.05) is 5.16 Å². The Labute approximate surface area is 95.9 Å². The van der Waals surface area contributed by atoms with E-state index >= 15 is 0 Å². The van der Waals surface area contributed by atoms with Crippen LogP contribution in [0.25, 0.3) is 11.3 Å². The lowest BCUT2D eigenvalue weighted by molar-refractivity contribution is 0.108. The number of halogens is 2. The third kappa shape index (κ3) is 2.16. The minimum absolute atomic E-state index is 0.00523. The van der Waals surface area contributed by atoms with Gasteiger partial charge >= 0.3 is 0 Å². The molecule has 0 fully saturated rings. The fraction of sp³-hybridized carbons (Fsp3) is 0.273. The predicted octanol–water partition coefficient (Wildman–Crippen LogP) is 2.47. The molecule has 0 unspecified atom stereocenters. The van der Waals surface area contributed by atoms with Gasteiger partial charge in [-0.3, -0.25) is 4.98 Å². The number of rotatable bonds is 3. The minimum Gasteiger partial charge on any atom is -0.391 e. The smallest absolute Gasteiger partial charge is 0.298 e. The van der Waals surface area contributed by atoms with E-state index in [4.69, 9.17) is 5.11 Å². The first-order chi connectivity index (χ1) is 8.13. The molecule has 0 amide bonds. The number of aryl methyl sites for hydroxylation is 1. The van der Waals surface area contributed by atoms with E-state index in [1.807, 2.05) is 6.92 Å². The number of alkyl halides is 2. The van der Waals surface area contributed by atoms with E-state index in [1.165, 1.54) is 6.20 Å². The van der Waals surface area contributed by atoms with Gasteiger partial charge < -0.3 is 9.63 Å². The standard InChI is InChI=1S/C11H10F2N2O2/c1-6-2-3-7(4-14-6)9-8(5-16)10(11(12)13)17-15-9/h2-4,11,16H,5H2,1H3. The normalized spacial score (nSPS) is 11.1. The van der Waals surface area contributed by atoms with Gasteiger partial charge in [0.15, 0.2) is 0 Å². The maximum absolute atomic E-state index is 12.5. The van der Waals surface area contributed by atoms with Crippen molar-refractivity contribution in [2.24, 2.45) is 0 Å². The molecule has 0 atom stereocenters. The molecular weight excluding hydrogens is 230 g/mol. The monoisotopic (exact) mass is 240 g/mol. The highest BCUT2D eigenvalue weighted by molar-refractivity contribution is 5.62. The van der Waals surface area contributed by atoms with Gasteiger partial charge in [-0.15, -0.1) is 0 Å². The average molecular weight is 240 g/mol. The van der Waals surface area contributed by atoms with Crippen molar-refractivity contribution in [1.82, 2.24) is 10.1 Å². The number of aromatic nitrogens is 2. The number of pyridine rings is 1. The molecule has 17 heavy (non-hydrogen) atoms. The summed E-state index contributed by atoms with van der Waals surface area (Å²) in [4.78, 5) is 4.03. The molecule has 2 rings (SSSR count). The molecule has 2 aromatic heterocycles. The number of aliphatic hydroxyl groups excluding tert-OH is 1. The Bertz CT molecular complexity index is 509. The first kappa shape index (κ1) is 11.7. The van der Waals surface area contributed by atoms with Crippen LogP contribution in [0.2, 0.25) is 0 Å². The predicted molar refractivity (Wildman–Crippen MR) is 55.4 cm³/mol. The number of nitrogens with zero attached hydrogens (tertiary/aromatic N) is 2. The summed E-state index contributed by atoms with van der Waals surface area (Å²) in [5, 5.41) is 12.7. The molecule has 90 valence electrons. The van der Waals surface area contributed by atoms with Crippen LogP contribution in [0.5, 0.6) is 0 Å². The summed E-state index contributed by atoms with van der Waals surface area (Å²) in [6.45, 7) is 1.26. The maximum atomic E-state index is 12.5. The molecule has 6 heteroatoms. The molecule has 0 aromatic carbocycles. The van der Waals surface area contributed by atoms with E-state index in [2.05, 4.69) is 14.7 Å². The second kappa shape index (κ2) is 4.58. The molecule has 0 aliphatic rings. The molecule has 0 bridgehead atoms. The van der Waals surface area contributed by atoms with Crippen molar-refractivity contribution < 1.29 is 18.4 Å². The highest BCUT2D eigenvalue weighted by Crippen LogP contribution is 2.30. The van der Waals surface area contributed by atoms with Crippen molar-refractivity contribution in [1.29, 1.82) is 0 Å². The first-order valence-electron chi connectivity index (χ1n) is 4.94. The molecular formula is C11H10F2N2O2. The van der Waals surface area contributed by atoms with Crippen LogP contribution in [-0.4, -0.2) is 15.2 Å². The lowest BCUT2D eigenvalue weighted by atomic mass is 10.1. The Morgan fingerprint density at radius 1 is 1.41 bits per heavy atom. The maximum Gasteiger partial charge on any atom is 0.298 e. The van der Waals surface area contributed by atoms with Gasteiger partial charge in [-0.25, -0.2) is 8.78 Å². The summed E-state index contributed by atoms with van der Waals surface area (Å²) in [6.07, 6.45) is -1.29. The largest absolute Gasteiger partial charge is 0.391 e. The van der Waals surface area contributed by atoms with E-state index in [0.29, 0.717) is 5.56 Å². The van der Waals surface area contributed by atoms with Gasteiger partial charge in [0.1, 0.15) is 5.69 Å². The van der Waals surface area contributed by atoms with Gasteiger partial charge in [0, 0.05) is 17.5 Å². The van der Waals surface area contributed by atoms with Crippen LogP contribution >= 0.6 is 0 Å². The fourth-order valence-corrected chi connectivity index (χ4v) is 1.48. The van der Waals surface area contributed by atoms with Crippen LogP contribution in [0.15, 0.2) is 22.9 Å². The van der Waals surface area contributed by atoms with Crippen LogP contribution in [0, 0.1) is 6.92 Å². The van der Waals surface area contributed by atoms with Crippen molar-refractivity contribution in [2.45, 2.75) is 20.0 Å². The molecule has 0 aliphatic carbocycles. The van der Waals surface area contributed by atoms with Crippen molar-refractivity contribution in [3.8, 4) is 11.3 Å². The summed E-state index contributed by atoms with van der Waals surface area (Å²) in [6, 6.07) is 3.42. The average Bonchev–Trinajstić information content (AvgIpc) is 2.73. The quantitative estimate of drug-likeness (QED) is 0.895. The highest BCUT2D eigenvalue weighted by atomic mass is 19.3. The Morgan fingerprint density at radius 3 is 2.71 bits per heavy atom. The number of aliphatic hydroxyl groups is 1. The lowest BCUT2D eigenvalue weighted by Crippen LogP contribution is -1.93. The molecule has 0 saturated carbocycles. The summed E-state index contributed by atoms with van der Waals surface area (Å²) < 4.78 is 29.6. The van der Waals surface area contributed by atoms with Crippen molar-refractivity contribution in [2.75, 3.05) is 0 Å². The van der Waals surface area contributed by atoms with Crippen LogP contribution in [-0.2, 0) is 6.61 Å². The second-order valence-corrected chi connectivity index (χ2v) is 3.52. The van der Waals surface area contributed by atoms with E-state index < -0.39 is 18.8 Å². The third-order valence-electron chi connectivity index (χ3n) is 2.36. The van der Waals surface area contributed by atoms with Crippen molar-refractivity contribution >= 4 is 0 Å². The molecule has 0 saturated heterocycles. The summed E-state index contributed by atoms with van der Waals surface area (Å²) >= 11 is 0. The SMILES string of the molecule is Cc1ccc(-c2noc(C(F)F)c2CO)cn1. The Kier molecular flexibility index (Phi) is 3.14. The zero-order chi connectivity index (χ0) is 12.4. The molecule has 2 heterocycles. The summed E-state index contributed by atoms with van der Waals surface area (Å²) in [7, 11) is 0. The molecule has 1 N–H and O–H groups in total. The van der Waals surface area contributed by atoms with E-state index in [1.54, 1.807) is 12.1 Å². The Balaban J connectivity index is 2.48. The van der Waals surface area contributed by atoms with Crippen LogP contribution in [0.3, 0.4) is 0 Å². The van der Waals surface area contributed by atoms with Gasteiger partial charge in [0.2, 0.25) is 5.76 Å². The number of hydrogen-bond acceptors (Lipinski definition) is 4.